The number of hydrogen-bond donors (Lipinski definition) is 1. The van der Waals surface area contributed by atoms with Gasteiger partial charge in [0.2, 0.25) is 0 Å². The summed E-state index contributed by atoms with van der Waals surface area (Å²) in [5, 5.41) is 8.69. The van der Waals surface area contributed by atoms with Crippen molar-refractivity contribution in [1.82, 2.24) is 0 Å². The minimum absolute atomic E-state index is 0.127. The molecule has 0 aliphatic rings. The van der Waals surface area contributed by atoms with Crippen LogP contribution < -0.4 is 0 Å². The third kappa shape index (κ3) is 5.58. The molecule has 0 bridgehead atoms. The Labute approximate surface area is 114 Å². The van der Waals surface area contributed by atoms with Gasteiger partial charge in [-0.05, 0) is 39.3 Å². The van der Waals surface area contributed by atoms with Crippen molar-refractivity contribution in [3.8, 4) is 11.8 Å². The first-order chi connectivity index (χ1) is 8.94. The van der Waals surface area contributed by atoms with Crippen LogP contribution in [-0.4, -0.2) is 23.3 Å². The molecular formula is C16H20O3. The fraction of sp³-hybridized carbons (Fsp3) is 0.438. The molecule has 19 heavy (non-hydrogen) atoms. The Kier molecular flexibility index (Phi) is 5.59. The first-order valence-corrected chi connectivity index (χ1v) is 6.36. The highest BCUT2D eigenvalue weighted by Gasteiger charge is 2.19. The molecule has 102 valence electrons. The summed E-state index contributed by atoms with van der Waals surface area (Å²) < 4.78 is 5.35. The van der Waals surface area contributed by atoms with E-state index in [1.54, 1.807) is 18.2 Å². The van der Waals surface area contributed by atoms with Gasteiger partial charge in [-0.15, -0.1) is 0 Å². The number of hydrogen-bond acceptors (Lipinski definition) is 3. The van der Waals surface area contributed by atoms with Crippen LogP contribution in [0.15, 0.2) is 24.3 Å². The molecule has 0 spiro atoms. The molecule has 0 radical (unpaired) electrons. The summed E-state index contributed by atoms with van der Waals surface area (Å²) in [5.74, 6) is 5.53. The second kappa shape index (κ2) is 6.96. The summed E-state index contributed by atoms with van der Waals surface area (Å²) in [7, 11) is 0. The van der Waals surface area contributed by atoms with Crippen molar-refractivity contribution in [3.63, 3.8) is 0 Å². The van der Waals surface area contributed by atoms with Gasteiger partial charge in [-0.2, -0.15) is 0 Å². The summed E-state index contributed by atoms with van der Waals surface area (Å²) in [6.07, 6.45) is 1.25. The third-order valence-corrected chi connectivity index (χ3v) is 2.23. The number of unbranched alkanes of at least 4 members (excludes halogenated alkanes) is 1. The Balaban J connectivity index is 2.88. The molecule has 3 heteroatoms. The second-order valence-corrected chi connectivity index (χ2v) is 5.18. The smallest absolute Gasteiger partial charge is 0.339 e. The van der Waals surface area contributed by atoms with Crippen molar-refractivity contribution in [2.24, 2.45) is 0 Å². The average molecular weight is 260 g/mol. The molecule has 0 atom stereocenters. The van der Waals surface area contributed by atoms with Crippen molar-refractivity contribution >= 4 is 5.97 Å². The fourth-order valence-corrected chi connectivity index (χ4v) is 1.43. The molecule has 1 N–H and O–H groups in total. The Morgan fingerprint density at radius 2 is 2.00 bits per heavy atom. The Hall–Kier alpha value is -1.79. The zero-order chi connectivity index (χ0) is 14.3. The molecule has 0 heterocycles. The number of rotatable bonds is 3. The van der Waals surface area contributed by atoms with E-state index in [1.807, 2.05) is 26.8 Å². The Bertz CT molecular complexity index is 487. The molecule has 0 fully saturated rings. The highest BCUT2D eigenvalue weighted by molar-refractivity contribution is 5.92. The lowest BCUT2D eigenvalue weighted by Crippen LogP contribution is -2.24. The van der Waals surface area contributed by atoms with E-state index >= 15 is 0 Å². The van der Waals surface area contributed by atoms with Gasteiger partial charge in [0, 0.05) is 18.6 Å². The van der Waals surface area contributed by atoms with Gasteiger partial charge < -0.3 is 9.84 Å². The number of benzene rings is 1. The van der Waals surface area contributed by atoms with E-state index in [0.717, 1.165) is 0 Å². The van der Waals surface area contributed by atoms with E-state index in [2.05, 4.69) is 11.8 Å². The van der Waals surface area contributed by atoms with Gasteiger partial charge in [0.15, 0.2) is 0 Å². The van der Waals surface area contributed by atoms with Crippen LogP contribution in [0.3, 0.4) is 0 Å². The number of aliphatic hydroxyl groups excluding tert-OH is 1. The molecule has 0 unspecified atom stereocenters. The summed E-state index contributed by atoms with van der Waals surface area (Å²) in [5.41, 5.74) is 0.623. The van der Waals surface area contributed by atoms with Gasteiger partial charge in [-0.1, -0.05) is 24.0 Å². The lowest BCUT2D eigenvalue weighted by molar-refractivity contribution is 0.00692. The molecule has 1 rings (SSSR count). The molecule has 3 nitrogen and oxygen atoms in total. The Morgan fingerprint density at radius 1 is 1.32 bits per heavy atom. The molecule has 0 saturated heterocycles. The maximum atomic E-state index is 12.0. The number of esters is 1. The van der Waals surface area contributed by atoms with Crippen LogP contribution in [0.5, 0.6) is 0 Å². The predicted octanol–water partition coefficient (Wildman–Crippen LogP) is 2.77. The normalized spacial score (nSPS) is 10.5. The zero-order valence-electron chi connectivity index (χ0n) is 11.7. The van der Waals surface area contributed by atoms with Crippen LogP contribution in [-0.2, 0) is 4.74 Å². The molecule has 0 amide bonds. The maximum Gasteiger partial charge on any atom is 0.339 e. The molecule has 0 aliphatic heterocycles. The lowest BCUT2D eigenvalue weighted by atomic mass is 10.1. The average Bonchev–Trinajstić information content (AvgIpc) is 2.33. The summed E-state index contributed by atoms with van der Waals surface area (Å²) in [6.45, 7) is 5.63. The van der Waals surface area contributed by atoms with E-state index in [9.17, 15) is 4.79 Å². The van der Waals surface area contributed by atoms with Gasteiger partial charge in [0.05, 0.1) is 5.56 Å². The van der Waals surface area contributed by atoms with Crippen molar-refractivity contribution in [2.45, 2.75) is 39.2 Å². The van der Waals surface area contributed by atoms with Crippen LogP contribution in [0.25, 0.3) is 0 Å². The molecule has 1 aromatic carbocycles. The minimum atomic E-state index is -0.519. The van der Waals surface area contributed by atoms with Crippen molar-refractivity contribution < 1.29 is 14.6 Å². The van der Waals surface area contributed by atoms with Gasteiger partial charge in [0.1, 0.15) is 5.60 Å². The quantitative estimate of drug-likeness (QED) is 0.516. The van der Waals surface area contributed by atoms with E-state index < -0.39 is 5.60 Å². The first-order valence-electron chi connectivity index (χ1n) is 6.36. The van der Waals surface area contributed by atoms with Crippen molar-refractivity contribution in [2.75, 3.05) is 6.61 Å². The fourth-order valence-electron chi connectivity index (χ4n) is 1.43. The molecule has 0 aromatic heterocycles. The molecule has 1 aromatic rings. The first kappa shape index (κ1) is 15.3. The van der Waals surface area contributed by atoms with Crippen LogP contribution in [0.2, 0.25) is 0 Å². The standard InChI is InChI=1S/C16H20O3/c1-16(2,3)19-15(18)14-11-7-6-10-13(14)9-5-4-8-12-17/h6-7,10-11,17H,4,8,12H2,1-3H3. The van der Waals surface area contributed by atoms with Crippen LogP contribution in [0, 0.1) is 11.8 Å². The monoisotopic (exact) mass is 260 g/mol. The van der Waals surface area contributed by atoms with E-state index in [-0.39, 0.29) is 12.6 Å². The minimum Gasteiger partial charge on any atom is -0.456 e. The molecular weight excluding hydrogens is 240 g/mol. The second-order valence-electron chi connectivity index (χ2n) is 5.18. The van der Waals surface area contributed by atoms with Crippen molar-refractivity contribution in [3.05, 3.63) is 35.4 Å². The summed E-state index contributed by atoms with van der Waals surface area (Å²) in [6, 6.07) is 7.14. The lowest BCUT2D eigenvalue weighted by Gasteiger charge is -2.19. The predicted molar refractivity (Wildman–Crippen MR) is 74.8 cm³/mol. The van der Waals surface area contributed by atoms with Crippen LogP contribution in [0.1, 0.15) is 49.5 Å². The van der Waals surface area contributed by atoms with Crippen LogP contribution >= 0.6 is 0 Å². The molecule has 0 saturated carbocycles. The summed E-state index contributed by atoms with van der Waals surface area (Å²) in [4.78, 5) is 12.0. The van der Waals surface area contributed by atoms with Crippen LogP contribution in [0.4, 0.5) is 0 Å². The van der Waals surface area contributed by atoms with Gasteiger partial charge >= 0.3 is 5.97 Å². The number of carbonyl (C=O) groups is 1. The molecule has 0 aliphatic carbocycles. The van der Waals surface area contributed by atoms with Gasteiger partial charge in [-0.3, -0.25) is 0 Å². The van der Waals surface area contributed by atoms with E-state index in [4.69, 9.17) is 9.84 Å². The summed E-state index contributed by atoms with van der Waals surface area (Å²) >= 11 is 0. The number of ether oxygens (including phenoxy) is 1. The van der Waals surface area contributed by atoms with E-state index in [1.165, 1.54) is 0 Å². The highest BCUT2D eigenvalue weighted by Crippen LogP contribution is 2.15. The van der Waals surface area contributed by atoms with Gasteiger partial charge in [-0.25, -0.2) is 4.79 Å². The maximum absolute atomic E-state index is 12.0. The van der Waals surface area contributed by atoms with Gasteiger partial charge in [0.25, 0.3) is 0 Å². The highest BCUT2D eigenvalue weighted by atomic mass is 16.6. The topological polar surface area (TPSA) is 46.5 Å². The number of carbonyl (C=O) groups excluding carboxylic acids is 1. The number of aliphatic hydroxyl groups is 1. The Morgan fingerprint density at radius 3 is 2.63 bits per heavy atom. The SMILES string of the molecule is CC(C)(C)OC(=O)c1ccccc1C#CCCCO. The third-order valence-electron chi connectivity index (χ3n) is 2.23. The van der Waals surface area contributed by atoms with E-state index in [0.29, 0.717) is 24.0 Å². The largest absolute Gasteiger partial charge is 0.456 e. The van der Waals surface area contributed by atoms with Crippen molar-refractivity contribution in [1.29, 1.82) is 0 Å². The zero-order valence-corrected chi connectivity index (χ0v) is 11.7.